The number of halogens is 1. The third kappa shape index (κ3) is 3.34. The Balaban J connectivity index is 2.18. The van der Waals surface area contributed by atoms with Crippen molar-refractivity contribution in [2.75, 3.05) is 15.9 Å². The minimum atomic E-state index is -3.44. The molecule has 1 aliphatic rings. The maximum Gasteiger partial charge on any atom is 0.276 e. The van der Waals surface area contributed by atoms with Crippen LogP contribution in [0.4, 0.5) is 17.2 Å². The van der Waals surface area contributed by atoms with Crippen LogP contribution in [0.3, 0.4) is 0 Å². The number of fused-ring (bicyclic) bond motifs is 1. The van der Waals surface area contributed by atoms with Gasteiger partial charge in [-0.2, -0.15) is 0 Å². The molecule has 0 radical (unpaired) electrons. The van der Waals surface area contributed by atoms with Gasteiger partial charge < -0.3 is 4.74 Å². The largest absolute Gasteiger partial charge is 0.476 e. The summed E-state index contributed by atoms with van der Waals surface area (Å²) in [5.74, 6) is 0.472. The fourth-order valence-corrected chi connectivity index (χ4v) is 3.39. The van der Waals surface area contributed by atoms with Crippen LogP contribution in [-0.2, 0) is 14.8 Å². The molecule has 138 valence electrons. The van der Waals surface area contributed by atoms with Crippen LogP contribution in [0.25, 0.3) is 0 Å². The van der Waals surface area contributed by atoms with Crippen LogP contribution in [0.2, 0.25) is 5.02 Å². The minimum absolute atomic E-state index is 0.299. The van der Waals surface area contributed by atoms with E-state index in [0.717, 1.165) is 6.26 Å². The van der Waals surface area contributed by atoms with Gasteiger partial charge in [0.05, 0.1) is 17.6 Å². The summed E-state index contributed by atoms with van der Waals surface area (Å²) < 4.78 is 31.2. The molecule has 1 amide bonds. The number of carbonyl (C=O) groups excluding carboxylic acids is 1. The maximum absolute atomic E-state index is 13.0. The quantitative estimate of drug-likeness (QED) is 0.861. The molecule has 1 aliphatic heterocycles. The van der Waals surface area contributed by atoms with E-state index in [4.69, 9.17) is 16.3 Å². The van der Waals surface area contributed by atoms with Gasteiger partial charge in [0, 0.05) is 22.8 Å². The lowest BCUT2D eigenvalue weighted by atomic mass is 10.0. The van der Waals surface area contributed by atoms with Crippen molar-refractivity contribution in [1.82, 2.24) is 4.98 Å². The van der Waals surface area contributed by atoms with Gasteiger partial charge in [-0.05, 0) is 39.0 Å². The van der Waals surface area contributed by atoms with E-state index in [1.165, 1.54) is 17.2 Å². The van der Waals surface area contributed by atoms with Crippen LogP contribution >= 0.6 is 11.6 Å². The van der Waals surface area contributed by atoms with E-state index in [1.807, 2.05) is 0 Å². The van der Waals surface area contributed by atoms with Crippen molar-refractivity contribution in [3.05, 3.63) is 41.0 Å². The van der Waals surface area contributed by atoms with Crippen molar-refractivity contribution in [3.8, 4) is 5.75 Å². The van der Waals surface area contributed by atoms with Gasteiger partial charge >= 0.3 is 0 Å². The Bertz CT molecular complexity index is 1010. The summed E-state index contributed by atoms with van der Waals surface area (Å²) in [6, 6.07) is 6.35. The summed E-state index contributed by atoms with van der Waals surface area (Å²) in [6.45, 7) is 5.06. The van der Waals surface area contributed by atoms with Crippen molar-refractivity contribution >= 4 is 44.7 Å². The standard InChI is InChI=1S/C17H18ClN3O4S/c1-10-12(18)7-8-19-15(10)21-13-6-5-11(20-26(4,23)24)9-14(13)25-17(2,3)16(21)22/h5-9,20H,1-4H3. The lowest BCUT2D eigenvalue weighted by molar-refractivity contribution is -0.131. The fraction of sp³-hybridized carbons (Fsp3) is 0.294. The number of benzene rings is 1. The third-order valence-corrected chi connectivity index (χ3v) is 4.93. The first kappa shape index (κ1) is 18.5. The highest BCUT2D eigenvalue weighted by atomic mass is 35.5. The second-order valence-electron chi connectivity index (χ2n) is 6.55. The number of nitrogens with zero attached hydrogens (tertiary/aromatic N) is 2. The first-order valence-corrected chi connectivity index (χ1v) is 10.0. The Morgan fingerprint density at radius 1 is 1.27 bits per heavy atom. The molecule has 9 heteroatoms. The summed E-state index contributed by atoms with van der Waals surface area (Å²) in [6.07, 6.45) is 2.59. The van der Waals surface area contributed by atoms with Gasteiger partial charge in [0.15, 0.2) is 5.60 Å². The normalized spacial score (nSPS) is 16.0. The van der Waals surface area contributed by atoms with Gasteiger partial charge in [0.25, 0.3) is 5.91 Å². The van der Waals surface area contributed by atoms with E-state index in [0.29, 0.717) is 33.5 Å². The molecular formula is C17H18ClN3O4S. The average molecular weight is 396 g/mol. The molecule has 1 N–H and O–H groups in total. The van der Waals surface area contributed by atoms with Crippen LogP contribution in [0.1, 0.15) is 19.4 Å². The first-order valence-electron chi connectivity index (χ1n) is 7.76. The second kappa shape index (κ2) is 6.14. The number of hydrogen-bond acceptors (Lipinski definition) is 5. The number of carbonyl (C=O) groups is 1. The topological polar surface area (TPSA) is 88.6 Å². The molecular weight excluding hydrogens is 378 g/mol. The van der Waals surface area contributed by atoms with Crippen molar-refractivity contribution in [2.45, 2.75) is 26.4 Å². The Morgan fingerprint density at radius 2 is 1.96 bits per heavy atom. The summed E-state index contributed by atoms with van der Waals surface area (Å²) in [5.41, 5.74) is 0.301. The number of sulfonamides is 1. The van der Waals surface area contributed by atoms with Gasteiger partial charge in [-0.3, -0.25) is 14.4 Å². The zero-order chi connectivity index (χ0) is 19.3. The molecule has 3 rings (SSSR count). The van der Waals surface area contributed by atoms with Gasteiger partial charge in [-0.1, -0.05) is 11.6 Å². The predicted octanol–water partition coefficient (Wildman–Crippen LogP) is 3.25. The smallest absolute Gasteiger partial charge is 0.276 e. The molecule has 0 fully saturated rings. The highest BCUT2D eigenvalue weighted by molar-refractivity contribution is 7.92. The second-order valence-corrected chi connectivity index (χ2v) is 8.71. The van der Waals surface area contributed by atoms with Gasteiger partial charge in [-0.15, -0.1) is 0 Å². The van der Waals surface area contributed by atoms with E-state index >= 15 is 0 Å². The summed E-state index contributed by atoms with van der Waals surface area (Å²) in [5, 5.41) is 0.490. The number of hydrogen-bond donors (Lipinski definition) is 1. The van der Waals surface area contributed by atoms with Crippen molar-refractivity contribution < 1.29 is 17.9 Å². The van der Waals surface area contributed by atoms with E-state index in [1.54, 1.807) is 39.0 Å². The molecule has 2 heterocycles. The van der Waals surface area contributed by atoms with E-state index in [9.17, 15) is 13.2 Å². The SMILES string of the molecule is Cc1c(Cl)ccnc1N1C(=O)C(C)(C)Oc2cc(NS(C)(=O)=O)ccc21. The molecule has 0 bridgehead atoms. The predicted molar refractivity (Wildman–Crippen MR) is 101 cm³/mol. The fourth-order valence-electron chi connectivity index (χ4n) is 2.69. The third-order valence-electron chi connectivity index (χ3n) is 3.91. The summed E-state index contributed by atoms with van der Waals surface area (Å²) in [4.78, 5) is 18.8. The Kier molecular flexibility index (Phi) is 4.36. The molecule has 0 aliphatic carbocycles. The summed E-state index contributed by atoms with van der Waals surface area (Å²) >= 11 is 6.19. The molecule has 0 saturated carbocycles. The number of aromatic nitrogens is 1. The lowest BCUT2D eigenvalue weighted by Crippen LogP contribution is -2.51. The van der Waals surface area contributed by atoms with Crippen molar-refractivity contribution in [1.29, 1.82) is 0 Å². The molecule has 0 saturated heterocycles. The summed E-state index contributed by atoms with van der Waals surface area (Å²) in [7, 11) is -3.44. The molecule has 0 unspecified atom stereocenters. The number of ether oxygens (including phenoxy) is 1. The van der Waals surface area contributed by atoms with Gasteiger partial charge in [0.1, 0.15) is 11.6 Å². The average Bonchev–Trinajstić information content (AvgIpc) is 2.50. The van der Waals surface area contributed by atoms with E-state index in [2.05, 4.69) is 9.71 Å². The monoisotopic (exact) mass is 395 g/mol. The molecule has 2 aromatic rings. The number of rotatable bonds is 3. The number of anilines is 3. The van der Waals surface area contributed by atoms with Crippen LogP contribution < -0.4 is 14.4 Å². The van der Waals surface area contributed by atoms with Crippen LogP contribution in [0, 0.1) is 6.92 Å². The molecule has 0 spiro atoms. The van der Waals surface area contributed by atoms with Crippen molar-refractivity contribution in [2.24, 2.45) is 0 Å². The number of nitrogens with one attached hydrogen (secondary N) is 1. The first-order chi connectivity index (χ1) is 12.0. The van der Waals surface area contributed by atoms with E-state index < -0.39 is 15.6 Å². The van der Waals surface area contributed by atoms with Crippen LogP contribution in [-0.4, -0.2) is 31.2 Å². The zero-order valence-corrected chi connectivity index (χ0v) is 16.3. The molecule has 26 heavy (non-hydrogen) atoms. The molecule has 1 aromatic heterocycles. The molecule has 1 aromatic carbocycles. The molecule has 0 atom stereocenters. The molecule has 7 nitrogen and oxygen atoms in total. The van der Waals surface area contributed by atoms with Crippen LogP contribution in [0.15, 0.2) is 30.5 Å². The highest BCUT2D eigenvalue weighted by Crippen LogP contribution is 2.44. The Labute approximate surface area is 157 Å². The van der Waals surface area contributed by atoms with Gasteiger partial charge in [0.2, 0.25) is 10.0 Å². The Morgan fingerprint density at radius 3 is 2.62 bits per heavy atom. The van der Waals surface area contributed by atoms with Gasteiger partial charge in [-0.25, -0.2) is 13.4 Å². The maximum atomic E-state index is 13.0. The highest BCUT2D eigenvalue weighted by Gasteiger charge is 2.43. The zero-order valence-electron chi connectivity index (χ0n) is 14.7. The number of amides is 1. The lowest BCUT2D eigenvalue weighted by Gasteiger charge is -2.38. The van der Waals surface area contributed by atoms with Crippen molar-refractivity contribution in [3.63, 3.8) is 0 Å². The minimum Gasteiger partial charge on any atom is -0.476 e. The van der Waals surface area contributed by atoms with E-state index in [-0.39, 0.29) is 5.91 Å². The Hall–Kier alpha value is -2.32. The number of pyridine rings is 1. The van der Waals surface area contributed by atoms with Crippen LogP contribution in [0.5, 0.6) is 5.75 Å².